The van der Waals surface area contributed by atoms with Crippen molar-refractivity contribution < 1.29 is 0 Å². The molecule has 1 aliphatic rings. The number of rotatable bonds is 2. The minimum Gasteiger partial charge on any atom is -0.308 e. The average molecular weight is 128 g/mol. The Morgan fingerprint density at radius 3 is 2.33 bits per heavy atom. The van der Waals surface area contributed by atoms with Crippen LogP contribution >= 0.6 is 0 Å². The second-order valence-electron chi connectivity index (χ2n) is 3.19. The van der Waals surface area contributed by atoms with Gasteiger partial charge in [0.1, 0.15) is 0 Å². The summed E-state index contributed by atoms with van der Waals surface area (Å²) in [4.78, 5) is 4.65. The van der Waals surface area contributed by atoms with Crippen LogP contribution in [-0.4, -0.2) is 50.1 Å². The highest BCUT2D eigenvalue weighted by atomic mass is 15.2. The lowest BCUT2D eigenvalue weighted by molar-refractivity contribution is 0.0991. The largest absolute Gasteiger partial charge is 0.308 e. The second kappa shape index (κ2) is 2.67. The van der Waals surface area contributed by atoms with E-state index in [-0.39, 0.29) is 0 Å². The Balaban J connectivity index is 2.13. The zero-order valence-electron chi connectivity index (χ0n) is 6.59. The topological polar surface area (TPSA) is 6.48 Å². The molecule has 1 saturated heterocycles. The maximum absolute atomic E-state index is 2.40. The number of nitrogens with zero attached hydrogens (tertiary/aromatic N) is 2. The van der Waals surface area contributed by atoms with Crippen molar-refractivity contribution in [3.63, 3.8) is 0 Å². The van der Waals surface area contributed by atoms with E-state index in [0.29, 0.717) is 0 Å². The molecule has 0 saturated carbocycles. The number of hydrogen-bond donors (Lipinski definition) is 0. The molecule has 54 valence electrons. The van der Waals surface area contributed by atoms with Gasteiger partial charge in [-0.05, 0) is 34.1 Å². The zero-order valence-corrected chi connectivity index (χ0v) is 6.59. The molecule has 1 fully saturated rings. The lowest BCUT2D eigenvalue weighted by Crippen LogP contribution is -2.49. The molecule has 0 N–H and O–H groups in total. The van der Waals surface area contributed by atoms with Crippen LogP contribution in [0.15, 0.2) is 0 Å². The Labute approximate surface area is 57.4 Å². The smallest absolute Gasteiger partial charge is 0.0232 e. The summed E-state index contributed by atoms with van der Waals surface area (Å²) in [7, 11) is 6.45. The maximum atomic E-state index is 2.40. The molecule has 2 heteroatoms. The first-order valence-corrected chi connectivity index (χ1v) is 3.55. The van der Waals surface area contributed by atoms with E-state index >= 15 is 0 Å². The van der Waals surface area contributed by atoms with Gasteiger partial charge in [0.2, 0.25) is 0 Å². The molecule has 0 bridgehead atoms. The number of likely N-dealkylation sites (tertiary alicyclic amines) is 1. The van der Waals surface area contributed by atoms with E-state index in [0.717, 1.165) is 6.04 Å². The van der Waals surface area contributed by atoms with E-state index < -0.39 is 0 Å². The fourth-order valence-electron chi connectivity index (χ4n) is 1.22. The van der Waals surface area contributed by atoms with Crippen molar-refractivity contribution in [3.05, 3.63) is 0 Å². The van der Waals surface area contributed by atoms with Gasteiger partial charge in [0.25, 0.3) is 0 Å². The van der Waals surface area contributed by atoms with Crippen LogP contribution in [0.1, 0.15) is 6.42 Å². The zero-order chi connectivity index (χ0) is 6.85. The summed E-state index contributed by atoms with van der Waals surface area (Å²) in [6.45, 7) is 2.51. The normalized spacial score (nSPS) is 28.7. The van der Waals surface area contributed by atoms with Crippen LogP contribution in [0.4, 0.5) is 0 Å². The van der Waals surface area contributed by atoms with Crippen LogP contribution in [0.25, 0.3) is 0 Å². The van der Waals surface area contributed by atoms with Gasteiger partial charge in [-0.2, -0.15) is 0 Å². The lowest BCUT2D eigenvalue weighted by Gasteiger charge is -2.39. The predicted octanol–water partition coefficient (Wildman–Crippen LogP) is 0.252. The van der Waals surface area contributed by atoms with E-state index in [1.54, 1.807) is 0 Å². The first-order chi connectivity index (χ1) is 4.20. The van der Waals surface area contributed by atoms with E-state index in [1.807, 2.05) is 0 Å². The van der Waals surface area contributed by atoms with Gasteiger partial charge in [-0.3, -0.25) is 0 Å². The van der Waals surface area contributed by atoms with Crippen LogP contribution in [0.5, 0.6) is 0 Å². The van der Waals surface area contributed by atoms with Crippen molar-refractivity contribution in [2.45, 2.75) is 12.5 Å². The molecular formula is C7H16N2. The molecule has 1 aliphatic heterocycles. The fraction of sp³-hybridized carbons (Fsp3) is 1.00. The highest BCUT2D eigenvalue weighted by molar-refractivity contribution is 4.80. The van der Waals surface area contributed by atoms with Crippen LogP contribution in [0, 0.1) is 0 Å². The molecule has 0 radical (unpaired) electrons. The van der Waals surface area contributed by atoms with Crippen molar-refractivity contribution in [2.24, 2.45) is 0 Å². The van der Waals surface area contributed by atoms with Gasteiger partial charge in [0, 0.05) is 12.6 Å². The fourth-order valence-corrected chi connectivity index (χ4v) is 1.22. The molecule has 1 atom stereocenters. The molecular weight excluding hydrogens is 112 g/mol. The SMILES string of the molecule is CN(C)C[C@H]1CCN1C. The maximum Gasteiger partial charge on any atom is 0.0232 e. The highest BCUT2D eigenvalue weighted by Gasteiger charge is 2.23. The summed E-state index contributed by atoms with van der Waals surface area (Å²) in [5, 5.41) is 0. The molecule has 0 aliphatic carbocycles. The second-order valence-corrected chi connectivity index (χ2v) is 3.19. The van der Waals surface area contributed by atoms with Gasteiger partial charge in [-0.25, -0.2) is 0 Å². The van der Waals surface area contributed by atoms with E-state index in [9.17, 15) is 0 Å². The van der Waals surface area contributed by atoms with Crippen molar-refractivity contribution in [3.8, 4) is 0 Å². The third-order valence-corrected chi connectivity index (χ3v) is 2.01. The number of hydrogen-bond acceptors (Lipinski definition) is 2. The summed E-state index contributed by atoms with van der Waals surface area (Å²) < 4.78 is 0. The highest BCUT2D eigenvalue weighted by Crippen LogP contribution is 2.13. The van der Waals surface area contributed by atoms with Gasteiger partial charge in [-0.15, -0.1) is 0 Å². The van der Waals surface area contributed by atoms with Crippen molar-refractivity contribution in [1.82, 2.24) is 9.80 Å². The summed E-state index contributed by atoms with van der Waals surface area (Å²) in [6.07, 6.45) is 1.38. The van der Waals surface area contributed by atoms with E-state index in [4.69, 9.17) is 0 Å². The molecule has 2 nitrogen and oxygen atoms in total. The molecule has 1 rings (SSSR count). The molecule has 0 amide bonds. The van der Waals surface area contributed by atoms with Gasteiger partial charge >= 0.3 is 0 Å². The monoisotopic (exact) mass is 128 g/mol. The molecule has 0 aromatic rings. The average Bonchev–Trinajstić information content (AvgIpc) is 1.79. The summed E-state index contributed by atoms with van der Waals surface area (Å²) in [6, 6.07) is 0.833. The van der Waals surface area contributed by atoms with Crippen LogP contribution in [-0.2, 0) is 0 Å². The molecule has 1 heterocycles. The van der Waals surface area contributed by atoms with Gasteiger partial charge < -0.3 is 9.80 Å². The quantitative estimate of drug-likeness (QED) is 0.526. The first kappa shape index (κ1) is 7.03. The molecule has 0 aromatic carbocycles. The van der Waals surface area contributed by atoms with Crippen LogP contribution in [0.3, 0.4) is 0 Å². The van der Waals surface area contributed by atoms with Crippen molar-refractivity contribution in [2.75, 3.05) is 34.2 Å². The Kier molecular flexibility index (Phi) is 2.09. The van der Waals surface area contributed by atoms with Crippen LogP contribution < -0.4 is 0 Å². The van der Waals surface area contributed by atoms with E-state index in [1.165, 1.54) is 19.5 Å². The minimum atomic E-state index is 0.833. The Morgan fingerprint density at radius 1 is 1.56 bits per heavy atom. The lowest BCUT2D eigenvalue weighted by atomic mass is 10.0. The van der Waals surface area contributed by atoms with Crippen molar-refractivity contribution in [1.29, 1.82) is 0 Å². The predicted molar refractivity (Wildman–Crippen MR) is 39.6 cm³/mol. The Morgan fingerprint density at radius 2 is 2.22 bits per heavy atom. The summed E-state index contributed by atoms with van der Waals surface area (Å²) in [5.74, 6) is 0. The molecule has 0 aromatic heterocycles. The molecule has 0 spiro atoms. The van der Waals surface area contributed by atoms with E-state index in [2.05, 4.69) is 30.9 Å². The van der Waals surface area contributed by atoms with Gasteiger partial charge in [0.05, 0.1) is 0 Å². The minimum absolute atomic E-state index is 0.833. The number of likely N-dealkylation sites (N-methyl/N-ethyl adjacent to an activating group) is 2. The molecule has 9 heavy (non-hydrogen) atoms. The van der Waals surface area contributed by atoms with Crippen molar-refractivity contribution >= 4 is 0 Å². The first-order valence-electron chi connectivity index (χ1n) is 3.55. The summed E-state index contributed by atoms with van der Waals surface area (Å²) in [5.41, 5.74) is 0. The van der Waals surface area contributed by atoms with Gasteiger partial charge in [-0.1, -0.05) is 0 Å². The van der Waals surface area contributed by atoms with Crippen LogP contribution in [0.2, 0.25) is 0 Å². The summed E-state index contributed by atoms with van der Waals surface area (Å²) >= 11 is 0. The van der Waals surface area contributed by atoms with Gasteiger partial charge in [0.15, 0.2) is 0 Å². The third kappa shape index (κ3) is 1.66. The third-order valence-electron chi connectivity index (χ3n) is 2.01. The Hall–Kier alpha value is -0.0800. The standard InChI is InChI=1S/C7H16N2/c1-8(2)6-7-4-5-9(7)3/h7H,4-6H2,1-3H3/t7-/m1/s1. The molecule has 0 unspecified atom stereocenters. The Bertz CT molecular complexity index is 90.9.